The van der Waals surface area contributed by atoms with E-state index in [2.05, 4.69) is 11.8 Å². The van der Waals surface area contributed by atoms with E-state index < -0.39 is 16.0 Å². The molecule has 0 radical (unpaired) electrons. The molecule has 0 spiro atoms. The second-order valence-corrected chi connectivity index (χ2v) is 11.3. The van der Waals surface area contributed by atoms with E-state index >= 15 is 0 Å². The van der Waals surface area contributed by atoms with Crippen LogP contribution in [0.4, 0.5) is 5.69 Å². The second kappa shape index (κ2) is 11.0. The van der Waals surface area contributed by atoms with Gasteiger partial charge in [-0.3, -0.25) is 4.79 Å². The normalized spacial score (nSPS) is 22.4. The van der Waals surface area contributed by atoms with Crippen LogP contribution in [0.15, 0.2) is 23.1 Å². The van der Waals surface area contributed by atoms with Crippen molar-refractivity contribution in [3.05, 3.63) is 23.8 Å². The molecule has 0 aliphatic carbocycles. The number of amides is 1. The van der Waals surface area contributed by atoms with Crippen LogP contribution in [0.25, 0.3) is 0 Å². The van der Waals surface area contributed by atoms with Crippen LogP contribution in [-0.4, -0.2) is 88.6 Å². The average molecular weight is 494 g/mol. The van der Waals surface area contributed by atoms with Crippen molar-refractivity contribution in [3.63, 3.8) is 0 Å². The Hall–Kier alpha value is -2.17. The molecule has 34 heavy (non-hydrogen) atoms. The van der Waals surface area contributed by atoms with E-state index in [-0.39, 0.29) is 36.1 Å². The lowest BCUT2D eigenvalue weighted by atomic mass is 10.0. The van der Waals surface area contributed by atoms with E-state index in [0.29, 0.717) is 37.9 Å². The molecule has 1 amide bonds. The maximum atomic E-state index is 13.2. The zero-order valence-electron chi connectivity index (χ0n) is 19.9. The fraction of sp³-hybridized carbons (Fsp3) is 0.667. The highest BCUT2D eigenvalue weighted by atomic mass is 32.2. The third-order valence-corrected chi connectivity index (χ3v) is 8.72. The number of benzene rings is 1. The van der Waals surface area contributed by atoms with Crippen molar-refractivity contribution in [2.75, 3.05) is 64.0 Å². The average Bonchev–Trinajstić information content (AvgIpc) is 2.87. The third kappa shape index (κ3) is 5.72. The number of anilines is 1. The molecule has 3 fully saturated rings. The van der Waals surface area contributed by atoms with Gasteiger partial charge < -0.3 is 19.3 Å². The van der Waals surface area contributed by atoms with E-state index in [1.165, 1.54) is 10.4 Å². The summed E-state index contributed by atoms with van der Waals surface area (Å²) in [5.74, 6) is -0.448. The highest BCUT2D eigenvalue weighted by molar-refractivity contribution is 7.89. The SMILES string of the molecule is CC1CCCN(C(=O)COC(=O)c2cc(S(=O)(=O)N3CCOCC3)ccc2N2CCCCC2)C1. The predicted octanol–water partition coefficient (Wildman–Crippen LogP) is 2.11. The lowest BCUT2D eigenvalue weighted by Crippen LogP contribution is -2.41. The second-order valence-electron chi connectivity index (χ2n) is 9.41. The van der Waals surface area contributed by atoms with Crippen molar-refractivity contribution in [1.29, 1.82) is 0 Å². The summed E-state index contributed by atoms with van der Waals surface area (Å²) in [4.78, 5) is 29.7. The first-order valence-corrected chi connectivity index (χ1v) is 13.7. The predicted molar refractivity (Wildman–Crippen MR) is 127 cm³/mol. The lowest BCUT2D eigenvalue weighted by Gasteiger charge is -2.31. The molecule has 1 unspecified atom stereocenters. The molecular weight excluding hydrogens is 458 g/mol. The Morgan fingerprint density at radius 2 is 1.76 bits per heavy atom. The number of esters is 1. The minimum Gasteiger partial charge on any atom is -0.452 e. The Morgan fingerprint density at radius 1 is 1.03 bits per heavy atom. The fourth-order valence-electron chi connectivity index (χ4n) is 4.90. The number of rotatable bonds is 6. The molecule has 1 atom stereocenters. The summed E-state index contributed by atoms with van der Waals surface area (Å²) in [7, 11) is -3.77. The molecule has 1 aromatic rings. The minimum atomic E-state index is -3.77. The van der Waals surface area contributed by atoms with E-state index in [4.69, 9.17) is 9.47 Å². The number of ether oxygens (including phenoxy) is 2. The molecule has 4 rings (SSSR count). The van der Waals surface area contributed by atoms with Crippen LogP contribution in [0.3, 0.4) is 0 Å². The van der Waals surface area contributed by atoms with Gasteiger partial charge in [0.15, 0.2) is 6.61 Å². The van der Waals surface area contributed by atoms with Gasteiger partial charge >= 0.3 is 5.97 Å². The van der Waals surface area contributed by atoms with Gasteiger partial charge in [0.1, 0.15) is 0 Å². The standard InChI is InChI=1S/C24H35N3O6S/c1-19-6-5-11-26(17-19)23(28)18-33-24(29)21-16-20(34(30,31)27-12-14-32-15-13-27)7-8-22(21)25-9-3-2-4-10-25/h7-8,16,19H,2-6,9-15,17-18H2,1H3. The fourth-order valence-corrected chi connectivity index (χ4v) is 6.33. The summed E-state index contributed by atoms with van der Waals surface area (Å²) in [5.41, 5.74) is 0.848. The third-order valence-electron chi connectivity index (χ3n) is 6.83. The molecule has 0 saturated carbocycles. The number of carbonyl (C=O) groups excluding carboxylic acids is 2. The molecule has 9 nitrogen and oxygen atoms in total. The summed E-state index contributed by atoms with van der Waals surface area (Å²) in [6.07, 6.45) is 5.18. The molecule has 1 aromatic carbocycles. The van der Waals surface area contributed by atoms with Crippen molar-refractivity contribution in [2.24, 2.45) is 5.92 Å². The first kappa shape index (κ1) is 24.9. The van der Waals surface area contributed by atoms with Gasteiger partial charge in [0.05, 0.1) is 29.4 Å². The number of carbonyl (C=O) groups is 2. The van der Waals surface area contributed by atoms with Crippen LogP contribution in [-0.2, 0) is 24.3 Å². The van der Waals surface area contributed by atoms with E-state index in [9.17, 15) is 18.0 Å². The Kier molecular flexibility index (Phi) is 8.10. The monoisotopic (exact) mass is 493 g/mol. The Labute approximate surface area is 202 Å². The smallest absolute Gasteiger partial charge is 0.340 e. The van der Waals surface area contributed by atoms with Crippen LogP contribution in [0, 0.1) is 5.92 Å². The van der Waals surface area contributed by atoms with Gasteiger partial charge in [-0.2, -0.15) is 4.31 Å². The molecule has 0 aromatic heterocycles. The van der Waals surface area contributed by atoms with E-state index in [1.807, 2.05) is 0 Å². The molecule has 3 aliphatic heterocycles. The van der Waals surface area contributed by atoms with Crippen molar-refractivity contribution >= 4 is 27.6 Å². The van der Waals surface area contributed by atoms with Gasteiger partial charge in [0.25, 0.3) is 5.91 Å². The summed E-state index contributed by atoms with van der Waals surface area (Å²) in [6.45, 7) is 5.94. The minimum absolute atomic E-state index is 0.0540. The zero-order chi connectivity index (χ0) is 24.1. The maximum Gasteiger partial charge on any atom is 0.340 e. The van der Waals surface area contributed by atoms with Crippen LogP contribution >= 0.6 is 0 Å². The molecule has 0 bridgehead atoms. The molecule has 3 heterocycles. The summed E-state index contributed by atoms with van der Waals surface area (Å²) >= 11 is 0. The van der Waals surface area contributed by atoms with Crippen molar-refractivity contribution < 1.29 is 27.5 Å². The van der Waals surface area contributed by atoms with Crippen molar-refractivity contribution in [2.45, 2.75) is 43.9 Å². The maximum absolute atomic E-state index is 13.2. The topological polar surface area (TPSA) is 96.5 Å². The summed E-state index contributed by atoms with van der Waals surface area (Å²) in [6, 6.07) is 4.67. The van der Waals surface area contributed by atoms with Crippen molar-refractivity contribution in [3.8, 4) is 0 Å². The number of morpholine rings is 1. The van der Waals surface area contributed by atoms with Gasteiger partial charge in [-0.1, -0.05) is 6.92 Å². The molecule has 3 saturated heterocycles. The molecule has 3 aliphatic rings. The highest BCUT2D eigenvalue weighted by Gasteiger charge is 2.30. The molecular formula is C24H35N3O6S. The number of hydrogen-bond donors (Lipinski definition) is 0. The largest absolute Gasteiger partial charge is 0.452 e. The lowest BCUT2D eigenvalue weighted by molar-refractivity contribution is -0.136. The van der Waals surface area contributed by atoms with Crippen LogP contribution in [0.1, 0.15) is 49.4 Å². The number of piperidine rings is 2. The van der Waals surface area contributed by atoms with Gasteiger partial charge in [0.2, 0.25) is 10.0 Å². The number of likely N-dealkylation sites (tertiary alicyclic amines) is 1. The van der Waals surface area contributed by atoms with Gasteiger partial charge in [0, 0.05) is 39.3 Å². The van der Waals surface area contributed by atoms with Crippen LogP contribution < -0.4 is 4.90 Å². The highest BCUT2D eigenvalue weighted by Crippen LogP contribution is 2.29. The number of hydrogen-bond acceptors (Lipinski definition) is 7. The quantitative estimate of drug-likeness (QED) is 0.560. The van der Waals surface area contributed by atoms with Crippen LogP contribution in [0.2, 0.25) is 0 Å². The first-order valence-electron chi connectivity index (χ1n) is 12.3. The van der Waals surface area contributed by atoms with Gasteiger partial charge in [-0.25, -0.2) is 13.2 Å². The zero-order valence-corrected chi connectivity index (χ0v) is 20.7. The van der Waals surface area contributed by atoms with Crippen LogP contribution in [0.5, 0.6) is 0 Å². The Bertz CT molecular complexity index is 986. The van der Waals surface area contributed by atoms with Crippen molar-refractivity contribution in [1.82, 2.24) is 9.21 Å². The van der Waals surface area contributed by atoms with E-state index in [1.54, 1.807) is 17.0 Å². The summed E-state index contributed by atoms with van der Waals surface area (Å²) < 4.78 is 38.5. The molecule has 0 N–H and O–H groups in total. The Balaban J connectivity index is 1.55. The first-order chi connectivity index (χ1) is 16.4. The summed E-state index contributed by atoms with van der Waals surface area (Å²) in [5, 5.41) is 0. The molecule has 188 valence electrons. The molecule has 10 heteroatoms. The van der Waals surface area contributed by atoms with E-state index in [0.717, 1.165) is 45.2 Å². The van der Waals surface area contributed by atoms with Gasteiger partial charge in [-0.15, -0.1) is 0 Å². The Morgan fingerprint density at radius 3 is 2.47 bits per heavy atom. The number of nitrogens with zero attached hydrogens (tertiary/aromatic N) is 3. The van der Waals surface area contributed by atoms with Gasteiger partial charge in [-0.05, 0) is 56.2 Å². The number of sulfonamides is 1.